The molecule has 1 aliphatic rings. The molecule has 3 rings (SSSR count). The van der Waals surface area contributed by atoms with Crippen molar-refractivity contribution < 1.29 is 4.74 Å². The third-order valence-corrected chi connectivity index (χ3v) is 4.34. The van der Waals surface area contributed by atoms with Gasteiger partial charge in [-0.3, -0.25) is 0 Å². The third kappa shape index (κ3) is 2.35. The number of methoxy groups -OCH3 is 1. The van der Waals surface area contributed by atoms with Gasteiger partial charge < -0.3 is 14.6 Å². The van der Waals surface area contributed by atoms with Crippen LogP contribution in [0.1, 0.15) is 25.3 Å². The van der Waals surface area contributed by atoms with Gasteiger partial charge in [0.15, 0.2) is 0 Å². The minimum absolute atomic E-state index is 0.704. The smallest absolute Gasteiger partial charge is 0.119 e. The summed E-state index contributed by atoms with van der Waals surface area (Å²) in [6.07, 6.45) is 5.96. The quantitative estimate of drug-likeness (QED) is 0.912. The fourth-order valence-corrected chi connectivity index (χ4v) is 3.25. The first-order valence-corrected chi connectivity index (χ1v) is 7.20. The number of aromatic nitrogens is 1. The molecular weight excluding hydrogens is 236 g/mol. The van der Waals surface area contributed by atoms with E-state index in [1.54, 1.807) is 7.11 Å². The van der Waals surface area contributed by atoms with Crippen LogP contribution >= 0.6 is 0 Å². The highest BCUT2D eigenvalue weighted by Crippen LogP contribution is 2.27. The molecule has 1 saturated heterocycles. The van der Waals surface area contributed by atoms with Crippen molar-refractivity contribution in [3.05, 3.63) is 30.0 Å². The maximum Gasteiger partial charge on any atom is 0.119 e. The van der Waals surface area contributed by atoms with E-state index in [-0.39, 0.29) is 0 Å². The van der Waals surface area contributed by atoms with Crippen LogP contribution in [0, 0.1) is 0 Å². The van der Waals surface area contributed by atoms with Crippen molar-refractivity contribution in [2.24, 2.45) is 0 Å². The van der Waals surface area contributed by atoms with E-state index in [0.29, 0.717) is 6.04 Å². The second-order valence-corrected chi connectivity index (χ2v) is 5.35. The molecule has 1 unspecified atom stereocenters. The molecule has 0 saturated carbocycles. The Morgan fingerprint density at radius 3 is 3.11 bits per heavy atom. The lowest BCUT2D eigenvalue weighted by Gasteiger charge is -2.22. The van der Waals surface area contributed by atoms with Crippen LogP contribution in [0.5, 0.6) is 5.75 Å². The van der Waals surface area contributed by atoms with Crippen molar-refractivity contribution in [2.45, 2.75) is 32.2 Å². The van der Waals surface area contributed by atoms with Crippen LogP contribution in [-0.2, 0) is 6.42 Å². The maximum absolute atomic E-state index is 5.33. The predicted molar refractivity (Wildman–Crippen MR) is 78.8 cm³/mol. The molecule has 2 heterocycles. The molecule has 1 aliphatic heterocycles. The molecule has 1 aromatic carbocycles. The summed E-state index contributed by atoms with van der Waals surface area (Å²) in [5, 5.41) is 1.31. The molecule has 0 bridgehead atoms. The number of ether oxygens (including phenoxy) is 1. The van der Waals surface area contributed by atoms with Crippen LogP contribution in [0.25, 0.3) is 10.9 Å². The standard InChI is InChI=1S/C16H22N2O/c1-3-18-8-4-5-13(18)9-12-11-17-16-7-6-14(19-2)10-15(12)16/h6-7,10-11,13,17H,3-5,8-9H2,1-2H3. The second-order valence-electron chi connectivity index (χ2n) is 5.35. The first-order valence-electron chi connectivity index (χ1n) is 7.20. The summed E-state index contributed by atoms with van der Waals surface area (Å²) in [6.45, 7) is 4.68. The van der Waals surface area contributed by atoms with Crippen LogP contribution in [0.2, 0.25) is 0 Å². The van der Waals surface area contributed by atoms with Crippen LogP contribution < -0.4 is 4.74 Å². The van der Waals surface area contributed by atoms with Gasteiger partial charge in [-0.05, 0) is 56.1 Å². The molecule has 0 radical (unpaired) electrons. The molecule has 1 fully saturated rings. The van der Waals surface area contributed by atoms with Gasteiger partial charge in [0.05, 0.1) is 7.11 Å². The van der Waals surface area contributed by atoms with Gasteiger partial charge in [-0.15, -0.1) is 0 Å². The molecule has 1 aromatic heterocycles. The molecule has 0 aliphatic carbocycles. The fraction of sp³-hybridized carbons (Fsp3) is 0.500. The number of hydrogen-bond acceptors (Lipinski definition) is 2. The van der Waals surface area contributed by atoms with Gasteiger partial charge in [-0.2, -0.15) is 0 Å². The Labute approximate surface area is 114 Å². The highest BCUT2D eigenvalue weighted by atomic mass is 16.5. The molecular formula is C16H22N2O. The Morgan fingerprint density at radius 1 is 1.42 bits per heavy atom. The number of nitrogens with one attached hydrogen (secondary N) is 1. The summed E-state index contributed by atoms with van der Waals surface area (Å²) in [4.78, 5) is 5.97. The number of hydrogen-bond donors (Lipinski definition) is 1. The molecule has 0 amide bonds. The number of H-pyrrole nitrogens is 1. The van der Waals surface area contributed by atoms with E-state index in [1.807, 2.05) is 6.07 Å². The summed E-state index contributed by atoms with van der Waals surface area (Å²) >= 11 is 0. The van der Waals surface area contributed by atoms with Gasteiger partial charge in [0.1, 0.15) is 5.75 Å². The SMILES string of the molecule is CCN1CCCC1Cc1c[nH]c2ccc(OC)cc12. The lowest BCUT2D eigenvalue weighted by atomic mass is 10.0. The normalized spacial score (nSPS) is 20.2. The molecule has 3 nitrogen and oxygen atoms in total. The van der Waals surface area contributed by atoms with Crippen molar-refractivity contribution in [3.63, 3.8) is 0 Å². The average molecular weight is 258 g/mol. The molecule has 0 spiro atoms. The summed E-state index contributed by atoms with van der Waals surface area (Å²) in [5.74, 6) is 0.937. The minimum atomic E-state index is 0.704. The lowest BCUT2D eigenvalue weighted by molar-refractivity contribution is 0.266. The number of likely N-dealkylation sites (N-methyl/N-ethyl adjacent to an activating group) is 1. The van der Waals surface area contributed by atoms with E-state index in [4.69, 9.17) is 4.74 Å². The lowest BCUT2D eigenvalue weighted by Crippen LogP contribution is -2.30. The van der Waals surface area contributed by atoms with Crippen LogP contribution in [-0.4, -0.2) is 36.1 Å². The molecule has 19 heavy (non-hydrogen) atoms. The van der Waals surface area contributed by atoms with Gasteiger partial charge >= 0.3 is 0 Å². The van der Waals surface area contributed by atoms with E-state index < -0.39 is 0 Å². The fourth-order valence-electron chi connectivity index (χ4n) is 3.25. The van der Waals surface area contributed by atoms with E-state index in [1.165, 1.54) is 35.9 Å². The Hall–Kier alpha value is -1.48. The largest absolute Gasteiger partial charge is 0.497 e. The Balaban J connectivity index is 1.88. The van der Waals surface area contributed by atoms with Crippen molar-refractivity contribution >= 4 is 10.9 Å². The number of aromatic amines is 1. The van der Waals surface area contributed by atoms with E-state index in [9.17, 15) is 0 Å². The Morgan fingerprint density at radius 2 is 2.32 bits per heavy atom. The van der Waals surface area contributed by atoms with Gasteiger partial charge in [0, 0.05) is 23.1 Å². The minimum Gasteiger partial charge on any atom is -0.497 e. The highest BCUT2D eigenvalue weighted by Gasteiger charge is 2.23. The van der Waals surface area contributed by atoms with Crippen molar-refractivity contribution in [1.82, 2.24) is 9.88 Å². The van der Waals surface area contributed by atoms with Crippen molar-refractivity contribution in [2.75, 3.05) is 20.2 Å². The molecule has 1 atom stereocenters. The van der Waals surface area contributed by atoms with Gasteiger partial charge in [0.25, 0.3) is 0 Å². The van der Waals surface area contributed by atoms with Crippen LogP contribution in [0.15, 0.2) is 24.4 Å². The average Bonchev–Trinajstić information content (AvgIpc) is 3.06. The number of likely N-dealkylation sites (tertiary alicyclic amines) is 1. The summed E-state index contributed by atoms with van der Waals surface area (Å²) in [5.41, 5.74) is 2.62. The summed E-state index contributed by atoms with van der Waals surface area (Å²) in [6, 6.07) is 6.96. The first kappa shape index (κ1) is 12.5. The van der Waals surface area contributed by atoms with Crippen molar-refractivity contribution in [3.8, 4) is 5.75 Å². The van der Waals surface area contributed by atoms with E-state index >= 15 is 0 Å². The first-order chi connectivity index (χ1) is 9.31. The highest BCUT2D eigenvalue weighted by molar-refractivity contribution is 5.84. The predicted octanol–water partition coefficient (Wildman–Crippen LogP) is 3.20. The maximum atomic E-state index is 5.33. The monoisotopic (exact) mass is 258 g/mol. The number of rotatable bonds is 4. The second kappa shape index (κ2) is 5.25. The van der Waals surface area contributed by atoms with Crippen LogP contribution in [0.4, 0.5) is 0 Å². The molecule has 3 heteroatoms. The zero-order valence-corrected chi connectivity index (χ0v) is 11.8. The van der Waals surface area contributed by atoms with Gasteiger partial charge in [-0.25, -0.2) is 0 Å². The topological polar surface area (TPSA) is 28.3 Å². The number of fused-ring (bicyclic) bond motifs is 1. The van der Waals surface area contributed by atoms with Crippen molar-refractivity contribution in [1.29, 1.82) is 0 Å². The molecule has 1 N–H and O–H groups in total. The van der Waals surface area contributed by atoms with Gasteiger partial charge in [-0.1, -0.05) is 6.92 Å². The Bertz CT molecular complexity index is 561. The van der Waals surface area contributed by atoms with E-state index in [2.05, 4.69) is 35.1 Å². The summed E-state index contributed by atoms with van der Waals surface area (Å²) in [7, 11) is 1.73. The third-order valence-electron chi connectivity index (χ3n) is 4.34. The van der Waals surface area contributed by atoms with E-state index in [0.717, 1.165) is 18.7 Å². The van der Waals surface area contributed by atoms with Crippen LogP contribution in [0.3, 0.4) is 0 Å². The Kier molecular flexibility index (Phi) is 3.47. The molecule has 2 aromatic rings. The summed E-state index contributed by atoms with van der Waals surface area (Å²) < 4.78 is 5.33. The zero-order chi connectivity index (χ0) is 13.2. The number of benzene rings is 1. The van der Waals surface area contributed by atoms with Gasteiger partial charge in [0.2, 0.25) is 0 Å². The molecule has 102 valence electrons. The number of nitrogens with zero attached hydrogens (tertiary/aromatic N) is 1. The zero-order valence-electron chi connectivity index (χ0n) is 11.8.